The van der Waals surface area contributed by atoms with Crippen LogP contribution in [0, 0.1) is 10.1 Å². The molecule has 0 aliphatic rings. The summed E-state index contributed by atoms with van der Waals surface area (Å²) >= 11 is 0. The molecular formula is C14H14N2O2. The Morgan fingerprint density at radius 1 is 1.06 bits per heavy atom. The quantitative estimate of drug-likeness (QED) is 0.656. The minimum atomic E-state index is -0.398. The molecule has 0 radical (unpaired) electrons. The topological polar surface area (TPSA) is 55.2 Å². The highest BCUT2D eigenvalue weighted by Crippen LogP contribution is 2.21. The van der Waals surface area contributed by atoms with Crippen LogP contribution < -0.4 is 5.32 Å². The fraction of sp³-hybridized carbons (Fsp3) is 0.143. The van der Waals surface area contributed by atoms with Crippen LogP contribution in [-0.2, 0) is 0 Å². The molecule has 0 saturated heterocycles. The minimum absolute atomic E-state index is 0.105. The van der Waals surface area contributed by atoms with Crippen LogP contribution in [0.5, 0.6) is 0 Å². The number of nitrogens with zero attached hydrogens (tertiary/aromatic N) is 1. The Balaban J connectivity index is 2.08. The van der Waals surface area contributed by atoms with E-state index in [1.807, 2.05) is 30.3 Å². The van der Waals surface area contributed by atoms with E-state index in [9.17, 15) is 10.1 Å². The maximum absolute atomic E-state index is 10.5. The van der Waals surface area contributed by atoms with E-state index in [1.54, 1.807) is 12.1 Å². The zero-order chi connectivity index (χ0) is 13.0. The zero-order valence-corrected chi connectivity index (χ0v) is 10.0. The SMILES string of the molecule is C[C@@H](Nc1ccc([N+](=O)[O-])cc1)c1ccccc1. The van der Waals surface area contributed by atoms with Crippen molar-refractivity contribution in [3.05, 3.63) is 70.3 Å². The second-order valence-electron chi connectivity index (χ2n) is 4.08. The van der Waals surface area contributed by atoms with Crippen molar-refractivity contribution in [1.82, 2.24) is 0 Å². The summed E-state index contributed by atoms with van der Waals surface area (Å²) in [7, 11) is 0. The Labute approximate surface area is 105 Å². The van der Waals surface area contributed by atoms with Gasteiger partial charge in [0.05, 0.1) is 4.92 Å². The van der Waals surface area contributed by atoms with Crippen molar-refractivity contribution < 1.29 is 4.92 Å². The lowest BCUT2D eigenvalue weighted by Gasteiger charge is -2.15. The van der Waals surface area contributed by atoms with Gasteiger partial charge in [0.1, 0.15) is 0 Å². The molecule has 92 valence electrons. The van der Waals surface area contributed by atoms with Crippen molar-refractivity contribution in [2.24, 2.45) is 0 Å². The van der Waals surface area contributed by atoms with Gasteiger partial charge in [-0.1, -0.05) is 30.3 Å². The van der Waals surface area contributed by atoms with E-state index in [0.29, 0.717) is 0 Å². The first-order valence-electron chi connectivity index (χ1n) is 5.73. The molecule has 1 N–H and O–H groups in total. The molecule has 0 fully saturated rings. The summed E-state index contributed by atoms with van der Waals surface area (Å²) in [5.74, 6) is 0. The van der Waals surface area contributed by atoms with Crippen LogP contribution in [0.1, 0.15) is 18.5 Å². The first-order chi connectivity index (χ1) is 8.66. The molecule has 0 unspecified atom stereocenters. The van der Waals surface area contributed by atoms with E-state index >= 15 is 0 Å². The molecule has 2 rings (SSSR count). The van der Waals surface area contributed by atoms with Gasteiger partial charge in [0, 0.05) is 23.9 Å². The molecule has 0 aliphatic heterocycles. The van der Waals surface area contributed by atoms with Gasteiger partial charge < -0.3 is 5.32 Å². The van der Waals surface area contributed by atoms with Gasteiger partial charge in [-0.2, -0.15) is 0 Å². The number of benzene rings is 2. The van der Waals surface area contributed by atoms with Crippen LogP contribution in [-0.4, -0.2) is 4.92 Å². The highest BCUT2D eigenvalue weighted by molar-refractivity contribution is 5.49. The first kappa shape index (κ1) is 12.1. The van der Waals surface area contributed by atoms with Crippen LogP contribution in [0.2, 0.25) is 0 Å². The maximum Gasteiger partial charge on any atom is 0.269 e. The number of nitro groups is 1. The van der Waals surface area contributed by atoms with Gasteiger partial charge in [-0.05, 0) is 24.6 Å². The number of hydrogen-bond acceptors (Lipinski definition) is 3. The summed E-state index contributed by atoms with van der Waals surface area (Å²) in [6, 6.07) is 16.6. The van der Waals surface area contributed by atoms with Crippen molar-refractivity contribution in [2.75, 3.05) is 5.32 Å². The predicted molar refractivity (Wildman–Crippen MR) is 71.6 cm³/mol. The Morgan fingerprint density at radius 2 is 1.67 bits per heavy atom. The molecule has 0 saturated carbocycles. The molecular weight excluding hydrogens is 228 g/mol. The average Bonchev–Trinajstić information content (AvgIpc) is 2.40. The minimum Gasteiger partial charge on any atom is -0.379 e. The van der Waals surface area contributed by atoms with E-state index in [-0.39, 0.29) is 11.7 Å². The Bertz CT molecular complexity index is 523. The number of anilines is 1. The average molecular weight is 242 g/mol. The third-order valence-electron chi connectivity index (χ3n) is 2.76. The lowest BCUT2D eigenvalue weighted by molar-refractivity contribution is -0.384. The molecule has 4 nitrogen and oxygen atoms in total. The molecule has 2 aromatic rings. The van der Waals surface area contributed by atoms with Crippen LogP contribution >= 0.6 is 0 Å². The van der Waals surface area contributed by atoms with Crippen molar-refractivity contribution in [3.8, 4) is 0 Å². The van der Waals surface area contributed by atoms with Gasteiger partial charge in [-0.15, -0.1) is 0 Å². The van der Waals surface area contributed by atoms with Gasteiger partial charge in [0.2, 0.25) is 0 Å². The largest absolute Gasteiger partial charge is 0.379 e. The van der Waals surface area contributed by atoms with E-state index in [4.69, 9.17) is 0 Å². The van der Waals surface area contributed by atoms with Gasteiger partial charge in [0.15, 0.2) is 0 Å². The zero-order valence-electron chi connectivity index (χ0n) is 10.0. The second-order valence-corrected chi connectivity index (χ2v) is 4.08. The highest BCUT2D eigenvalue weighted by atomic mass is 16.6. The number of nitrogens with one attached hydrogen (secondary N) is 1. The van der Waals surface area contributed by atoms with Crippen molar-refractivity contribution in [2.45, 2.75) is 13.0 Å². The molecule has 0 amide bonds. The van der Waals surface area contributed by atoms with Crippen LogP contribution in [0.25, 0.3) is 0 Å². The summed E-state index contributed by atoms with van der Waals surface area (Å²) in [6.45, 7) is 2.05. The summed E-state index contributed by atoms with van der Waals surface area (Å²) in [5.41, 5.74) is 2.15. The van der Waals surface area contributed by atoms with Crippen molar-refractivity contribution in [1.29, 1.82) is 0 Å². The predicted octanol–water partition coefficient (Wildman–Crippen LogP) is 3.77. The van der Waals surface area contributed by atoms with Crippen LogP contribution in [0.4, 0.5) is 11.4 Å². The molecule has 0 spiro atoms. The lowest BCUT2D eigenvalue weighted by atomic mass is 10.1. The lowest BCUT2D eigenvalue weighted by Crippen LogP contribution is -2.06. The molecule has 4 heteroatoms. The first-order valence-corrected chi connectivity index (χ1v) is 5.73. The summed E-state index contributed by atoms with van der Waals surface area (Å²) in [4.78, 5) is 10.1. The standard InChI is InChI=1S/C14H14N2O2/c1-11(12-5-3-2-4-6-12)15-13-7-9-14(10-8-13)16(17)18/h2-11,15H,1H3/t11-/m1/s1. The van der Waals surface area contributed by atoms with E-state index in [1.165, 1.54) is 17.7 Å². The molecule has 0 aromatic heterocycles. The Morgan fingerprint density at radius 3 is 2.22 bits per heavy atom. The highest BCUT2D eigenvalue weighted by Gasteiger charge is 2.07. The van der Waals surface area contributed by atoms with Crippen LogP contribution in [0.15, 0.2) is 54.6 Å². The maximum atomic E-state index is 10.5. The van der Waals surface area contributed by atoms with E-state index < -0.39 is 4.92 Å². The molecule has 18 heavy (non-hydrogen) atoms. The van der Waals surface area contributed by atoms with Gasteiger partial charge in [-0.3, -0.25) is 10.1 Å². The summed E-state index contributed by atoms with van der Waals surface area (Å²) in [5, 5.41) is 13.8. The summed E-state index contributed by atoms with van der Waals surface area (Å²) in [6.07, 6.45) is 0. The smallest absolute Gasteiger partial charge is 0.269 e. The Hall–Kier alpha value is -2.36. The molecule has 2 aromatic carbocycles. The number of non-ortho nitro benzene ring substituents is 1. The normalized spacial score (nSPS) is 11.8. The second kappa shape index (κ2) is 5.31. The number of hydrogen-bond donors (Lipinski definition) is 1. The molecule has 0 heterocycles. The fourth-order valence-electron chi connectivity index (χ4n) is 1.75. The molecule has 1 atom stereocenters. The van der Waals surface area contributed by atoms with Gasteiger partial charge in [-0.25, -0.2) is 0 Å². The van der Waals surface area contributed by atoms with E-state index in [2.05, 4.69) is 12.2 Å². The van der Waals surface area contributed by atoms with Gasteiger partial charge in [0.25, 0.3) is 5.69 Å². The van der Waals surface area contributed by atoms with Gasteiger partial charge >= 0.3 is 0 Å². The molecule has 0 bridgehead atoms. The van der Waals surface area contributed by atoms with E-state index in [0.717, 1.165) is 5.69 Å². The van der Waals surface area contributed by atoms with Crippen molar-refractivity contribution >= 4 is 11.4 Å². The fourth-order valence-corrected chi connectivity index (χ4v) is 1.75. The van der Waals surface area contributed by atoms with Crippen molar-refractivity contribution in [3.63, 3.8) is 0 Å². The third kappa shape index (κ3) is 2.85. The monoisotopic (exact) mass is 242 g/mol. The molecule has 0 aliphatic carbocycles. The number of rotatable bonds is 4. The third-order valence-corrected chi connectivity index (χ3v) is 2.76. The Kier molecular flexibility index (Phi) is 3.57. The summed E-state index contributed by atoms with van der Waals surface area (Å²) < 4.78 is 0. The van der Waals surface area contributed by atoms with Crippen LogP contribution in [0.3, 0.4) is 0 Å². The number of nitro benzene ring substituents is 1.